The number of carbonyl (C=O) groups is 1. The molecule has 5 rings (SSSR count). The number of nitrogens with zero attached hydrogens (tertiary/aromatic N) is 3. The molecule has 0 bridgehead atoms. The largest absolute Gasteiger partial charge is 0.345 e. The third kappa shape index (κ3) is 3.51. The van der Waals surface area contributed by atoms with Gasteiger partial charge in [0.05, 0.1) is 15.2 Å². The van der Waals surface area contributed by atoms with E-state index in [9.17, 15) is 4.79 Å². The molecule has 0 unspecified atom stereocenters. The zero-order valence-corrected chi connectivity index (χ0v) is 18.2. The number of aromatic nitrogens is 1. The number of benzene rings is 2. The Morgan fingerprint density at radius 2 is 1.79 bits per heavy atom. The fourth-order valence-corrected chi connectivity index (χ4v) is 5.74. The van der Waals surface area contributed by atoms with Gasteiger partial charge in [0.25, 0.3) is 5.91 Å². The van der Waals surface area contributed by atoms with Crippen LogP contribution in [0, 0.1) is 6.92 Å². The Bertz CT molecular complexity index is 1050. The van der Waals surface area contributed by atoms with Crippen LogP contribution in [0.25, 0.3) is 10.2 Å². The van der Waals surface area contributed by atoms with Crippen LogP contribution in [-0.4, -0.2) is 42.0 Å². The van der Waals surface area contributed by atoms with E-state index in [1.54, 1.807) is 11.3 Å². The van der Waals surface area contributed by atoms with Gasteiger partial charge in [0, 0.05) is 31.7 Å². The van der Waals surface area contributed by atoms with Crippen molar-refractivity contribution in [2.75, 3.05) is 31.1 Å². The van der Waals surface area contributed by atoms with Crippen molar-refractivity contribution in [3.05, 3.63) is 57.6 Å². The SMILES string of the molecule is Cc1ccc(Cl)c2sc(N3CCN(C(=O)c4ccc5c(c4)CCCC5)CC3)nc12. The first kappa shape index (κ1) is 18.9. The van der Waals surface area contributed by atoms with Crippen molar-refractivity contribution in [2.24, 2.45) is 0 Å². The summed E-state index contributed by atoms with van der Waals surface area (Å²) < 4.78 is 1.05. The number of hydrogen-bond donors (Lipinski definition) is 0. The van der Waals surface area contributed by atoms with Crippen LogP contribution < -0.4 is 4.90 Å². The number of anilines is 1. The number of piperazine rings is 1. The molecule has 2 aliphatic rings. The van der Waals surface area contributed by atoms with Crippen LogP contribution in [0.15, 0.2) is 30.3 Å². The van der Waals surface area contributed by atoms with Crippen molar-refractivity contribution in [2.45, 2.75) is 32.6 Å². The summed E-state index contributed by atoms with van der Waals surface area (Å²) in [5, 5.41) is 1.76. The minimum absolute atomic E-state index is 0.154. The smallest absolute Gasteiger partial charge is 0.253 e. The maximum Gasteiger partial charge on any atom is 0.253 e. The molecule has 1 saturated heterocycles. The molecule has 1 fully saturated rings. The van der Waals surface area contributed by atoms with E-state index >= 15 is 0 Å². The Morgan fingerprint density at radius 3 is 2.55 bits per heavy atom. The van der Waals surface area contributed by atoms with Gasteiger partial charge in [-0.3, -0.25) is 4.79 Å². The molecule has 1 aliphatic carbocycles. The second kappa shape index (κ2) is 7.62. The number of amides is 1. The lowest BCUT2D eigenvalue weighted by Crippen LogP contribution is -2.48. The van der Waals surface area contributed by atoms with Crippen LogP contribution in [0.1, 0.15) is 39.9 Å². The maximum absolute atomic E-state index is 13.0. The number of rotatable bonds is 2. The molecule has 1 amide bonds. The summed E-state index contributed by atoms with van der Waals surface area (Å²) >= 11 is 8.01. The summed E-state index contributed by atoms with van der Waals surface area (Å²) in [7, 11) is 0. The van der Waals surface area contributed by atoms with Crippen molar-refractivity contribution in [1.82, 2.24) is 9.88 Å². The molecule has 2 heterocycles. The van der Waals surface area contributed by atoms with Gasteiger partial charge < -0.3 is 9.80 Å². The van der Waals surface area contributed by atoms with Crippen LogP contribution in [0.2, 0.25) is 5.02 Å². The fourth-order valence-electron chi connectivity index (χ4n) is 4.38. The summed E-state index contributed by atoms with van der Waals surface area (Å²) in [4.78, 5) is 22.1. The van der Waals surface area contributed by atoms with Crippen LogP contribution in [0.5, 0.6) is 0 Å². The Morgan fingerprint density at radius 1 is 1.03 bits per heavy atom. The first-order valence-corrected chi connectivity index (χ1v) is 11.5. The van der Waals surface area contributed by atoms with E-state index in [4.69, 9.17) is 16.6 Å². The predicted molar refractivity (Wildman–Crippen MR) is 121 cm³/mol. The standard InChI is InChI=1S/C23H24ClN3OS/c1-15-6-9-19(24)21-20(15)25-23(29-21)27-12-10-26(11-13-27)22(28)18-8-7-16-4-2-3-5-17(16)14-18/h6-9,14H,2-5,10-13H2,1H3. The Labute approximate surface area is 180 Å². The van der Waals surface area contributed by atoms with Gasteiger partial charge in [-0.1, -0.05) is 35.1 Å². The molecule has 0 atom stereocenters. The van der Waals surface area contributed by atoms with Crippen LogP contribution in [-0.2, 0) is 12.8 Å². The highest BCUT2D eigenvalue weighted by Gasteiger charge is 2.25. The molecule has 1 aromatic heterocycles. The first-order chi connectivity index (χ1) is 14.1. The zero-order chi connectivity index (χ0) is 20.0. The molecule has 2 aromatic carbocycles. The molecule has 0 radical (unpaired) electrons. The lowest BCUT2D eigenvalue weighted by atomic mass is 9.90. The highest BCUT2D eigenvalue weighted by atomic mass is 35.5. The summed E-state index contributed by atoms with van der Waals surface area (Å²) in [6.45, 7) is 5.11. The van der Waals surface area contributed by atoms with Crippen LogP contribution in [0.4, 0.5) is 5.13 Å². The second-order valence-corrected chi connectivity index (χ2v) is 9.39. The van der Waals surface area contributed by atoms with Gasteiger partial charge in [0.1, 0.15) is 0 Å². The Kier molecular flexibility index (Phi) is 4.96. The summed E-state index contributed by atoms with van der Waals surface area (Å²) in [5.74, 6) is 0.154. The number of thiazole rings is 1. The van der Waals surface area contributed by atoms with Gasteiger partial charge in [-0.05, 0) is 67.5 Å². The minimum Gasteiger partial charge on any atom is -0.345 e. The van der Waals surface area contributed by atoms with Crippen molar-refractivity contribution >= 4 is 44.2 Å². The molecule has 150 valence electrons. The lowest BCUT2D eigenvalue weighted by Gasteiger charge is -2.34. The quantitative estimate of drug-likeness (QED) is 0.573. The molecule has 29 heavy (non-hydrogen) atoms. The van der Waals surface area contributed by atoms with Crippen molar-refractivity contribution in [1.29, 1.82) is 0 Å². The van der Waals surface area contributed by atoms with E-state index in [1.807, 2.05) is 23.1 Å². The predicted octanol–water partition coefficient (Wildman–Crippen LogP) is 5.10. The minimum atomic E-state index is 0.154. The van der Waals surface area contributed by atoms with E-state index in [0.29, 0.717) is 0 Å². The average Bonchev–Trinajstić information content (AvgIpc) is 3.23. The summed E-state index contributed by atoms with van der Waals surface area (Å²) in [6, 6.07) is 10.3. The average molecular weight is 426 g/mol. The third-order valence-corrected chi connectivity index (χ3v) is 7.70. The molecule has 6 heteroatoms. The van der Waals surface area contributed by atoms with Crippen LogP contribution in [0.3, 0.4) is 0 Å². The van der Waals surface area contributed by atoms with E-state index in [-0.39, 0.29) is 5.91 Å². The van der Waals surface area contributed by atoms with Gasteiger partial charge in [-0.2, -0.15) is 0 Å². The number of aryl methyl sites for hydroxylation is 3. The number of hydrogen-bond acceptors (Lipinski definition) is 4. The van der Waals surface area contributed by atoms with Crippen molar-refractivity contribution in [3.8, 4) is 0 Å². The molecule has 4 nitrogen and oxygen atoms in total. The Hall–Kier alpha value is -2.11. The van der Waals surface area contributed by atoms with Crippen molar-refractivity contribution in [3.63, 3.8) is 0 Å². The van der Waals surface area contributed by atoms with E-state index in [2.05, 4.69) is 24.0 Å². The van der Waals surface area contributed by atoms with Gasteiger partial charge in [-0.25, -0.2) is 4.98 Å². The van der Waals surface area contributed by atoms with Crippen molar-refractivity contribution < 1.29 is 4.79 Å². The maximum atomic E-state index is 13.0. The van der Waals surface area contributed by atoms with Crippen LogP contribution >= 0.6 is 22.9 Å². The highest BCUT2D eigenvalue weighted by molar-refractivity contribution is 7.22. The van der Waals surface area contributed by atoms with Gasteiger partial charge >= 0.3 is 0 Å². The highest BCUT2D eigenvalue weighted by Crippen LogP contribution is 2.36. The van der Waals surface area contributed by atoms with Gasteiger partial charge in [0.2, 0.25) is 0 Å². The van der Waals surface area contributed by atoms with E-state index in [0.717, 1.165) is 70.5 Å². The normalized spacial score (nSPS) is 16.9. The molecule has 0 N–H and O–H groups in total. The van der Waals surface area contributed by atoms with E-state index < -0.39 is 0 Å². The zero-order valence-electron chi connectivity index (χ0n) is 16.6. The summed E-state index contributed by atoms with van der Waals surface area (Å²) in [6.07, 6.45) is 4.74. The Balaban J connectivity index is 1.30. The first-order valence-electron chi connectivity index (χ1n) is 10.3. The van der Waals surface area contributed by atoms with E-state index in [1.165, 1.54) is 24.0 Å². The van der Waals surface area contributed by atoms with Gasteiger partial charge in [-0.15, -0.1) is 0 Å². The second-order valence-electron chi connectivity index (χ2n) is 8.01. The molecule has 0 saturated carbocycles. The molecule has 0 spiro atoms. The molecule has 3 aromatic rings. The number of carbonyl (C=O) groups excluding carboxylic acids is 1. The fraction of sp³-hybridized carbons (Fsp3) is 0.391. The summed E-state index contributed by atoms with van der Waals surface area (Å²) in [5.41, 5.74) is 5.75. The third-order valence-electron chi connectivity index (χ3n) is 6.12. The molecule has 1 aliphatic heterocycles. The number of fused-ring (bicyclic) bond motifs is 2. The van der Waals surface area contributed by atoms with Gasteiger partial charge in [0.15, 0.2) is 5.13 Å². The lowest BCUT2D eigenvalue weighted by molar-refractivity contribution is 0.0746. The molecular formula is C23H24ClN3OS. The monoisotopic (exact) mass is 425 g/mol. The molecular weight excluding hydrogens is 402 g/mol. The topological polar surface area (TPSA) is 36.4 Å². The number of halogens is 1.